The highest BCUT2D eigenvalue weighted by Gasteiger charge is 2.18. The van der Waals surface area contributed by atoms with Crippen LogP contribution in [-0.2, 0) is 7.05 Å². The predicted octanol–water partition coefficient (Wildman–Crippen LogP) is 1.49. The summed E-state index contributed by atoms with van der Waals surface area (Å²) in [6.07, 6.45) is -0.634. The Hall–Kier alpha value is -1.52. The number of aryl methyl sites for hydroxylation is 1. The summed E-state index contributed by atoms with van der Waals surface area (Å²) < 4.78 is 7.28. The minimum absolute atomic E-state index is 0.219. The molecule has 1 aromatic carbocycles. The van der Waals surface area contributed by atoms with E-state index in [1.807, 2.05) is 32.2 Å². The first-order chi connectivity index (χ1) is 8.10. The number of ether oxygens (including phenoxy) is 1. The Bertz CT molecular complexity index is 546. The average Bonchev–Trinajstić information content (AvgIpc) is 2.60. The van der Waals surface area contributed by atoms with E-state index in [-0.39, 0.29) is 6.54 Å². The quantitative estimate of drug-likeness (QED) is 0.845. The molecule has 0 saturated carbocycles. The van der Waals surface area contributed by atoms with E-state index in [1.54, 1.807) is 7.11 Å². The largest absolute Gasteiger partial charge is 0.497 e. The van der Waals surface area contributed by atoms with Gasteiger partial charge in [0.1, 0.15) is 5.75 Å². The van der Waals surface area contributed by atoms with Gasteiger partial charge in [-0.1, -0.05) is 0 Å². The van der Waals surface area contributed by atoms with Gasteiger partial charge >= 0.3 is 0 Å². The van der Waals surface area contributed by atoms with Crippen LogP contribution in [0.2, 0.25) is 0 Å². The molecule has 0 aliphatic carbocycles. The van der Waals surface area contributed by atoms with Gasteiger partial charge in [0, 0.05) is 35.8 Å². The number of hydrogen-bond donors (Lipinski definition) is 2. The number of fused-ring (bicyclic) bond motifs is 1. The zero-order valence-electron chi connectivity index (χ0n) is 10.4. The molecule has 0 fully saturated rings. The lowest BCUT2D eigenvalue weighted by molar-refractivity contribution is 0.187. The molecular weight excluding hydrogens is 216 g/mol. The SMILES string of the molecule is COc1ccc2c(c1)c(C(O)CN)c(C)n2C. The summed E-state index contributed by atoms with van der Waals surface area (Å²) in [5.41, 5.74) is 8.55. The van der Waals surface area contributed by atoms with Crippen molar-refractivity contribution in [3.05, 3.63) is 29.5 Å². The van der Waals surface area contributed by atoms with Gasteiger partial charge in [0.05, 0.1) is 13.2 Å². The van der Waals surface area contributed by atoms with Crippen LogP contribution in [0.3, 0.4) is 0 Å². The van der Waals surface area contributed by atoms with E-state index < -0.39 is 6.10 Å². The average molecular weight is 234 g/mol. The van der Waals surface area contributed by atoms with Crippen LogP contribution in [0, 0.1) is 6.92 Å². The summed E-state index contributed by atoms with van der Waals surface area (Å²) in [5.74, 6) is 0.786. The first-order valence-corrected chi connectivity index (χ1v) is 5.61. The van der Waals surface area contributed by atoms with Crippen LogP contribution in [0.25, 0.3) is 10.9 Å². The van der Waals surface area contributed by atoms with E-state index in [0.717, 1.165) is 27.9 Å². The molecule has 3 N–H and O–H groups in total. The van der Waals surface area contributed by atoms with Crippen LogP contribution in [-0.4, -0.2) is 23.3 Å². The molecule has 17 heavy (non-hydrogen) atoms. The monoisotopic (exact) mass is 234 g/mol. The predicted molar refractivity (Wildman–Crippen MR) is 68.2 cm³/mol. The number of hydrogen-bond acceptors (Lipinski definition) is 3. The molecule has 0 spiro atoms. The summed E-state index contributed by atoms with van der Waals surface area (Å²) >= 11 is 0. The molecule has 1 heterocycles. The zero-order valence-corrected chi connectivity index (χ0v) is 10.4. The van der Waals surface area contributed by atoms with Gasteiger partial charge in [0.2, 0.25) is 0 Å². The lowest BCUT2D eigenvalue weighted by atomic mass is 10.1. The van der Waals surface area contributed by atoms with Crippen LogP contribution < -0.4 is 10.5 Å². The second-order valence-electron chi connectivity index (χ2n) is 4.19. The van der Waals surface area contributed by atoms with Crippen molar-refractivity contribution in [1.29, 1.82) is 0 Å². The van der Waals surface area contributed by atoms with Gasteiger partial charge in [-0.05, 0) is 25.1 Å². The van der Waals surface area contributed by atoms with Crippen molar-refractivity contribution in [1.82, 2.24) is 4.57 Å². The first kappa shape index (κ1) is 12.0. The third-order valence-corrected chi connectivity index (χ3v) is 3.30. The van der Waals surface area contributed by atoms with Crippen molar-refractivity contribution in [3.63, 3.8) is 0 Å². The Morgan fingerprint density at radius 1 is 1.47 bits per heavy atom. The third kappa shape index (κ3) is 1.79. The van der Waals surface area contributed by atoms with Crippen molar-refractivity contribution in [2.75, 3.05) is 13.7 Å². The molecule has 0 bridgehead atoms. The van der Waals surface area contributed by atoms with Crippen molar-refractivity contribution in [3.8, 4) is 5.75 Å². The van der Waals surface area contributed by atoms with E-state index in [1.165, 1.54) is 0 Å². The summed E-state index contributed by atoms with van der Waals surface area (Å²) in [6.45, 7) is 2.21. The van der Waals surface area contributed by atoms with E-state index in [4.69, 9.17) is 10.5 Å². The molecule has 0 aliphatic rings. The number of nitrogens with zero attached hydrogens (tertiary/aromatic N) is 1. The minimum atomic E-state index is -0.634. The number of rotatable bonds is 3. The molecule has 1 aromatic heterocycles. The maximum atomic E-state index is 10.0. The first-order valence-electron chi connectivity index (χ1n) is 5.61. The molecular formula is C13H18N2O2. The van der Waals surface area contributed by atoms with Gasteiger partial charge in [-0.15, -0.1) is 0 Å². The maximum Gasteiger partial charge on any atom is 0.119 e. The molecule has 0 radical (unpaired) electrons. The Kier molecular flexibility index (Phi) is 3.09. The zero-order chi connectivity index (χ0) is 12.6. The lowest BCUT2D eigenvalue weighted by Gasteiger charge is -2.08. The standard InChI is InChI=1S/C13H18N2O2/c1-8-13(12(16)7-14)10-6-9(17-3)4-5-11(10)15(8)2/h4-6,12,16H,7,14H2,1-3H3. The summed E-state index contributed by atoms with van der Waals surface area (Å²) in [4.78, 5) is 0. The fourth-order valence-corrected chi connectivity index (χ4v) is 2.25. The van der Waals surface area contributed by atoms with Crippen LogP contribution >= 0.6 is 0 Å². The van der Waals surface area contributed by atoms with E-state index in [0.29, 0.717) is 0 Å². The molecule has 92 valence electrons. The maximum absolute atomic E-state index is 10.0. The molecule has 1 atom stereocenters. The second kappa shape index (κ2) is 4.39. The fraction of sp³-hybridized carbons (Fsp3) is 0.385. The smallest absolute Gasteiger partial charge is 0.119 e. The Morgan fingerprint density at radius 2 is 2.18 bits per heavy atom. The van der Waals surface area contributed by atoms with Gasteiger partial charge in [0.25, 0.3) is 0 Å². The highest BCUT2D eigenvalue weighted by molar-refractivity contribution is 5.87. The highest BCUT2D eigenvalue weighted by Crippen LogP contribution is 2.32. The van der Waals surface area contributed by atoms with Gasteiger partial charge in [0.15, 0.2) is 0 Å². The number of nitrogens with two attached hydrogens (primary N) is 1. The molecule has 0 amide bonds. The van der Waals surface area contributed by atoms with Crippen LogP contribution in [0.1, 0.15) is 17.4 Å². The van der Waals surface area contributed by atoms with Crippen molar-refractivity contribution in [2.24, 2.45) is 12.8 Å². The van der Waals surface area contributed by atoms with E-state index in [2.05, 4.69) is 4.57 Å². The van der Waals surface area contributed by atoms with Crippen LogP contribution in [0.15, 0.2) is 18.2 Å². The van der Waals surface area contributed by atoms with E-state index >= 15 is 0 Å². The number of benzene rings is 1. The number of aromatic nitrogens is 1. The van der Waals surface area contributed by atoms with Gasteiger partial charge in [-0.25, -0.2) is 0 Å². The summed E-state index contributed by atoms with van der Waals surface area (Å²) in [7, 11) is 3.62. The topological polar surface area (TPSA) is 60.4 Å². The van der Waals surface area contributed by atoms with Gasteiger partial charge in [-0.2, -0.15) is 0 Å². The second-order valence-corrected chi connectivity index (χ2v) is 4.19. The molecule has 0 saturated heterocycles. The Morgan fingerprint density at radius 3 is 2.76 bits per heavy atom. The normalized spacial score (nSPS) is 13.0. The molecule has 0 aliphatic heterocycles. The fourth-order valence-electron chi connectivity index (χ4n) is 2.25. The molecule has 1 unspecified atom stereocenters. The molecule has 4 nitrogen and oxygen atoms in total. The van der Waals surface area contributed by atoms with Gasteiger partial charge < -0.3 is 20.1 Å². The molecule has 2 aromatic rings. The number of methoxy groups -OCH3 is 1. The number of aliphatic hydroxyl groups is 1. The minimum Gasteiger partial charge on any atom is -0.497 e. The summed E-state index contributed by atoms with van der Waals surface area (Å²) in [5, 5.41) is 11.0. The Labute approximate surface area is 101 Å². The summed E-state index contributed by atoms with van der Waals surface area (Å²) in [6, 6.07) is 5.85. The molecule has 2 rings (SSSR count). The van der Waals surface area contributed by atoms with Crippen LogP contribution in [0.4, 0.5) is 0 Å². The van der Waals surface area contributed by atoms with Crippen molar-refractivity contribution >= 4 is 10.9 Å². The molecule has 4 heteroatoms. The van der Waals surface area contributed by atoms with Gasteiger partial charge in [-0.3, -0.25) is 0 Å². The van der Waals surface area contributed by atoms with Crippen molar-refractivity contribution < 1.29 is 9.84 Å². The number of aliphatic hydroxyl groups excluding tert-OH is 1. The van der Waals surface area contributed by atoms with Crippen molar-refractivity contribution in [2.45, 2.75) is 13.0 Å². The van der Waals surface area contributed by atoms with E-state index in [9.17, 15) is 5.11 Å². The third-order valence-electron chi connectivity index (χ3n) is 3.30. The lowest BCUT2D eigenvalue weighted by Crippen LogP contribution is -2.12. The highest BCUT2D eigenvalue weighted by atomic mass is 16.5. The Balaban J connectivity index is 2.75. The van der Waals surface area contributed by atoms with Crippen LogP contribution in [0.5, 0.6) is 5.75 Å².